The molecule has 0 aliphatic carbocycles. The van der Waals surface area contributed by atoms with Crippen molar-refractivity contribution in [1.82, 2.24) is 20.3 Å². The molecule has 1 fully saturated rings. The highest BCUT2D eigenvalue weighted by Crippen LogP contribution is 2.37. The number of anilines is 1. The van der Waals surface area contributed by atoms with Crippen LogP contribution in [0, 0.1) is 6.92 Å². The zero-order valence-corrected chi connectivity index (χ0v) is 22.9. The van der Waals surface area contributed by atoms with Gasteiger partial charge < -0.3 is 19.5 Å². The van der Waals surface area contributed by atoms with Crippen LogP contribution < -0.4 is 19.7 Å². The van der Waals surface area contributed by atoms with Gasteiger partial charge in [-0.15, -0.1) is 5.10 Å². The first-order valence-corrected chi connectivity index (χ1v) is 13.3. The van der Waals surface area contributed by atoms with Gasteiger partial charge in [0.15, 0.2) is 0 Å². The molecule has 1 saturated heterocycles. The number of aromatic nitrogens is 3. The maximum absolute atomic E-state index is 14.3. The van der Waals surface area contributed by atoms with E-state index < -0.39 is 6.04 Å². The van der Waals surface area contributed by atoms with E-state index in [-0.39, 0.29) is 24.5 Å². The standard InChI is InChI=1S/C30H33N5O5/c1-20-9-4-6-12-25(20)35(28(36)19-34-26-13-7-5-11-24(26)32-33-34)29(30(37)31-18-22-10-8-16-40-22)23-15-14-21(38-2)17-27(23)39-3/h4-7,9,11-15,17,22,29H,8,10,16,18-19H2,1-3H3,(H,31,37). The van der Waals surface area contributed by atoms with Gasteiger partial charge in [-0.2, -0.15) is 0 Å². The molecule has 0 spiro atoms. The number of nitrogens with zero attached hydrogens (tertiary/aromatic N) is 4. The van der Waals surface area contributed by atoms with E-state index in [1.165, 1.54) is 12.0 Å². The topological polar surface area (TPSA) is 108 Å². The summed E-state index contributed by atoms with van der Waals surface area (Å²) in [6.07, 6.45) is 1.76. The van der Waals surface area contributed by atoms with Crippen LogP contribution in [-0.4, -0.2) is 60.3 Å². The van der Waals surface area contributed by atoms with Crippen LogP contribution in [0.1, 0.15) is 30.0 Å². The zero-order valence-electron chi connectivity index (χ0n) is 22.9. The van der Waals surface area contributed by atoms with Crippen molar-refractivity contribution in [3.8, 4) is 11.5 Å². The first kappa shape index (κ1) is 27.1. The Balaban J connectivity index is 1.60. The normalized spacial score (nSPS) is 15.5. The minimum absolute atomic E-state index is 0.0634. The Hall–Kier alpha value is -4.44. The van der Waals surface area contributed by atoms with E-state index >= 15 is 0 Å². The summed E-state index contributed by atoms with van der Waals surface area (Å²) in [7, 11) is 3.09. The zero-order chi connectivity index (χ0) is 28.1. The number of nitrogens with one attached hydrogen (secondary N) is 1. The van der Waals surface area contributed by atoms with Crippen LogP contribution in [0.2, 0.25) is 0 Å². The molecule has 2 atom stereocenters. The van der Waals surface area contributed by atoms with Crippen LogP contribution in [0.25, 0.3) is 11.0 Å². The molecule has 1 N–H and O–H groups in total. The van der Waals surface area contributed by atoms with Crippen LogP contribution in [0.3, 0.4) is 0 Å². The van der Waals surface area contributed by atoms with Crippen molar-refractivity contribution < 1.29 is 23.8 Å². The predicted octanol–water partition coefficient (Wildman–Crippen LogP) is 3.83. The number of fused-ring (bicyclic) bond motifs is 1. The summed E-state index contributed by atoms with van der Waals surface area (Å²) in [4.78, 5) is 29.9. The van der Waals surface area contributed by atoms with E-state index in [2.05, 4.69) is 15.6 Å². The largest absolute Gasteiger partial charge is 0.497 e. The van der Waals surface area contributed by atoms with Crippen molar-refractivity contribution in [3.63, 3.8) is 0 Å². The molecule has 0 bridgehead atoms. The van der Waals surface area contributed by atoms with Gasteiger partial charge in [0.1, 0.15) is 29.6 Å². The van der Waals surface area contributed by atoms with Crippen LogP contribution in [0.4, 0.5) is 5.69 Å². The number of benzene rings is 3. The molecule has 0 saturated carbocycles. The number of amides is 2. The molecule has 5 rings (SSSR count). The minimum atomic E-state index is -1.05. The van der Waals surface area contributed by atoms with Crippen molar-refractivity contribution in [2.24, 2.45) is 0 Å². The number of carbonyl (C=O) groups is 2. The Morgan fingerprint density at radius 3 is 2.65 bits per heavy atom. The van der Waals surface area contributed by atoms with Crippen molar-refractivity contribution >= 4 is 28.5 Å². The van der Waals surface area contributed by atoms with Gasteiger partial charge in [-0.3, -0.25) is 14.5 Å². The maximum Gasteiger partial charge on any atom is 0.249 e. The average molecular weight is 544 g/mol. The molecular formula is C30H33N5O5. The molecule has 2 amide bonds. The van der Waals surface area contributed by atoms with Gasteiger partial charge in [0, 0.05) is 30.5 Å². The van der Waals surface area contributed by atoms with Gasteiger partial charge in [0.05, 0.1) is 25.8 Å². The van der Waals surface area contributed by atoms with Crippen molar-refractivity contribution in [2.45, 2.75) is 38.5 Å². The molecule has 208 valence electrons. The van der Waals surface area contributed by atoms with Crippen LogP contribution in [0.5, 0.6) is 11.5 Å². The molecule has 4 aromatic rings. The summed E-state index contributed by atoms with van der Waals surface area (Å²) in [5.41, 5.74) is 3.37. The van der Waals surface area contributed by atoms with Crippen molar-refractivity contribution in [1.29, 1.82) is 0 Å². The number of carbonyl (C=O) groups excluding carboxylic acids is 2. The number of hydrogen-bond acceptors (Lipinski definition) is 7. The smallest absolute Gasteiger partial charge is 0.249 e. The van der Waals surface area contributed by atoms with E-state index in [0.29, 0.717) is 41.4 Å². The summed E-state index contributed by atoms with van der Waals surface area (Å²) in [5, 5.41) is 11.4. The Bertz CT molecular complexity index is 1500. The van der Waals surface area contributed by atoms with Gasteiger partial charge >= 0.3 is 0 Å². The second-order valence-electron chi connectivity index (χ2n) is 9.68. The Morgan fingerprint density at radius 1 is 1.10 bits per heavy atom. The molecule has 1 aromatic heterocycles. The molecule has 3 aromatic carbocycles. The molecule has 1 aliphatic heterocycles. The third-order valence-corrected chi connectivity index (χ3v) is 7.12. The lowest BCUT2D eigenvalue weighted by Gasteiger charge is -2.33. The summed E-state index contributed by atoms with van der Waals surface area (Å²) in [6.45, 7) is 2.81. The lowest BCUT2D eigenvalue weighted by Crippen LogP contribution is -2.47. The number of para-hydroxylation sites is 2. The lowest BCUT2D eigenvalue weighted by molar-refractivity contribution is -0.127. The van der Waals surface area contributed by atoms with E-state index in [9.17, 15) is 9.59 Å². The second-order valence-corrected chi connectivity index (χ2v) is 9.68. The fraction of sp³-hybridized carbons (Fsp3) is 0.333. The quantitative estimate of drug-likeness (QED) is 0.324. The number of rotatable bonds is 10. The fourth-order valence-corrected chi connectivity index (χ4v) is 5.05. The molecule has 40 heavy (non-hydrogen) atoms. The van der Waals surface area contributed by atoms with Crippen molar-refractivity contribution in [2.75, 3.05) is 32.3 Å². The number of aryl methyl sites for hydroxylation is 1. The molecule has 2 unspecified atom stereocenters. The van der Waals surface area contributed by atoms with Gasteiger partial charge in [-0.1, -0.05) is 35.5 Å². The van der Waals surface area contributed by atoms with Gasteiger partial charge in [0.25, 0.3) is 0 Å². The van der Waals surface area contributed by atoms with Crippen LogP contribution in [-0.2, 0) is 20.9 Å². The van der Waals surface area contributed by atoms with Gasteiger partial charge in [0.2, 0.25) is 11.8 Å². The maximum atomic E-state index is 14.3. The molecule has 10 heteroatoms. The first-order valence-electron chi connectivity index (χ1n) is 13.3. The predicted molar refractivity (Wildman–Crippen MR) is 150 cm³/mol. The Labute approximate surface area is 232 Å². The Morgan fingerprint density at radius 2 is 1.90 bits per heavy atom. The molecule has 10 nitrogen and oxygen atoms in total. The minimum Gasteiger partial charge on any atom is -0.497 e. The molecule has 0 radical (unpaired) electrons. The van der Waals surface area contributed by atoms with Crippen LogP contribution in [0.15, 0.2) is 66.7 Å². The Kier molecular flexibility index (Phi) is 8.26. The monoisotopic (exact) mass is 543 g/mol. The molecule has 2 heterocycles. The highest BCUT2D eigenvalue weighted by Gasteiger charge is 2.36. The van der Waals surface area contributed by atoms with E-state index in [0.717, 1.165) is 23.9 Å². The number of methoxy groups -OCH3 is 2. The highest BCUT2D eigenvalue weighted by atomic mass is 16.5. The second kappa shape index (κ2) is 12.2. The number of hydrogen-bond donors (Lipinski definition) is 1. The lowest BCUT2D eigenvalue weighted by atomic mass is 10.00. The summed E-state index contributed by atoms with van der Waals surface area (Å²) < 4.78 is 18.4. The van der Waals surface area contributed by atoms with Crippen molar-refractivity contribution in [3.05, 3.63) is 77.9 Å². The third kappa shape index (κ3) is 5.62. The van der Waals surface area contributed by atoms with E-state index in [1.54, 1.807) is 30.0 Å². The van der Waals surface area contributed by atoms with E-state index in [1.807, 2.05) is 55.5 Å². The first-order chi connectivity index (χ1) is 19.5. The van der Waals surface area contributed by atoms with Gasteiger partial charge in [-0.05, 0) is 55.7 Å². The molecular weight excluding hydrogens is 510 g/mol. The third-order valence-electron chi connectivity index (χ3n) is 7.12. The van der Waals surface area contributed by atoms with E-state index in [4.69, 9.17) is 14.2 Å². The summed E-state index contributed by atoms with van der Waals surface area (Å²) in [6, 6.07) is 19.1. The SMILES string of the molecule is COc1ccc(C(C(=O)NCC2CCCO2)N(C(=O)Cn2nnc3ccccc32)c2ccccc2C)c(OC)c1. The van der Waals surface area contributed by atoms with Crippen LogP contribution >= 0.6 is 0 Å². The fourth-order valence-electron chi connectivity index (χ4n) is 5.05. The highest BCUT2D eigenvalue weighted by molar-refractivity contribution is 6.02. The summed E-state index contributed by atoms with van der Waals surface area (Å²) in [5.74, 6) is 0.315. The number of ether oxygens (including phenoxy) is 3. The van der Waals surface area contributed by atoms with Gasteiger partial charge in [-0.25, -0.2) is 4.68 Å². The average Bonchev–Trinajstić information content (AvgIpc) is 3.65. The molecule has 1 aliphatic rings. The summed E-state index contributed by atoms with van der Waals surface area (Å²) >= 11 is 0.